The van der Waals surface area contributed by atoms with Crippen LogP contribution in [-0.2, 0) is 11.7 Å². The van der Waals surface area contributed by atoms with E-state index in [4.69, 9.17) is 0 Å². The molecule has 2 aromatic heterocycles. The second-order valence-corrected chi connectivity index (χ2v) is 7.36. The minimum atomic E-state index is -4.92. The number of halogens is 6. The first-order valence-electron chi connectivity index (χ1n) is 8.29. The van der Waals surface area contributed by atoms with Gasteiger partial charge < -0.3 is 9.67 Å². The molecule has 3 aliphatic rings. The molecule has 2 bridgehead atoms. The van der Waals surface area contributed by atoms with E-state index < -0.39 is 35.4 Å². The number of aliphatic hydroxyl groups excluding tert-OH is 1. The lowest BCUT2D eigenvalue weighted by Gasteiger charge is -2.62. The van der Waals surface area contributed by atoms with Crippen molar-refractivity contribution in [3.05, 3.63) is 35.5 Å². The molecule has 0 aliphatic heterocycles. The molecular weight excluding hydrogens is 376 g/mol. The van der Waals surface area contributed by atoms with Gasteiger partial charge in [0.15, 0.2) is 0 Å². The maximum atomic E-state index is 13.1. The molecule has 3 saturated carbocycles. The minimum absolute atomic E-state index is 0.0473. The highest BCUT2D eigenvalue weighted by atomic mass is 19.4. The summed E-state index contributed by atoms with van der Waals surface area (Å²) in [6.07, 6.45) is -7.89. The molecule has 1 unspecified atom stereocenters. The number of pyridine rings is 1. The summed E-state index contributed by atoms with van der Waals surface area (Å²) in [6, 6.07) is 0.820. The summed E-state index contributed by atoms with van der Waals surface area (Å²) < 4.78 is 79.8. The van der Waals surface area contributed by atoms with E-state index in [2.05, 4.69) is 9.97 Å². The number of hydrogen-bond acceptors (Lipinski definition) is 3. The normalized spacial score (nSPS) is 25.7. The van der Waals surface area contributed by atoms with Gasteiger partial charge in [0.05, 0.1) is 11.3 Å². The van der Waals surface area contributed by atoms with Crippen LogP contribution in [0.1, 0.15) is 42.4 Å². The lowest BCUT2D eigenvalue weighted by Crippen LogP contribution is -2.59. The molecule has 0 spiro atoms. The van der Waals surface area contributed by atoms with E-state index in [0.717, 1.165) is 12.3 Å². The van der Waals surface area contributed by atoms with Gasteiger partial charge in [-0.05, 0) is 38.2 Å². The fourth-order valence-electron chi connectivity index (χ4n) is 3.94. The lowest BCUT2D eigenvalue weighted by molar-refractivity contribution is -0.212. The molecule has 3 fully saturated rings. The quantitative estimate of drug-likeness (QED) is 0.791. The average Bonchev–Trinajstić information content (AvgIpc) is 2.86. The topological polar surface area (TPSA) is 50.9 Å². The molecule has 3 aliphatic carbocycles. The van der Waals surface area contributed by atoms with Gasteiger partial charge in [-0.25, -0.2) is 4.98 Å². The number of imidazole rings is 1. The fraction of sp³-hybridized carbons (Fsp3) is 0.529. The smallest absolute Gasteiger partial charge is 0.377 e. The van der Waals surface area contributed by atoms with Crippen LogP contribution in [0.3, 0.4) is 0 Å². The predicted octanol–water partition coefficient (Wildman–Crippen LogP) is 4.38. The van der Waals surface area contributed by atoms with Crippen LogP contribution in [0.4, 0.5) is 26.3 Å². The van der Waals surface area contributed by atoms with E-state index in [1.807, 2.05) is 0 Å². The van der Waals surface area contributed by atoms with Crippen LogP contribution in [0.25, 0.3) is 11.3 Å². The highest BCUT2D eigenvalue weighted by Gasteiger charge is 2.59. The molecule has 4 nitrogen and oxygen atoms in total. The Morgan fingerprint density at radius 2 is 1.81 bits per heavy atom. The maximum Gasteiger partial charge on any atom is 0.421 e. The summed E-state index contributed by atoms with van der Waals surface area (Å²) in [5.41, 5.74) is -1.86. The van der Waals surface area contributed by atoms with Gasteiger partial charge in [-0.1, -0.05) is 0 Å². The van der Waals surface area contributed by atoms with Crippen molar-refractivity contribution in [3.8, 4) is 11.3 Å². The lowest BCUT2D eigenvalue weighted by atomic mass is 9.49. The molecule has 2 aromatic rings. The molecular formula is C17H15F6N3O. The first kappa shape index (κ1) is 18.3. The van der Waals surface area contributed by atoms with Gasteiger partial charge in [0.25, 0.3) is 0 Å². The van der Waals surface area contributed by atoms with E-state index >= 15 is 0 Å². The molecule has 10 heteroatoms. The Kier molecular flexibility index (Phi) is 3.70. The third-order valence-electron chi connectivity index (χ3n) is 5.49. The van der Waals surface area contributed by atoms with Crippen LogP contribution in [0.15, 0.2) is 18.5 Å². The number of hydrogen-bond donors (Lipinski definition) is 1. The Morgan fingerprint density at radius 3 is 2.30 bits per heavy atom. The van der Waals surface area contributed by atoms with E-state index in [0.29, 0.717) is 25.2 Å². The summed E-state index contributed by atoms with van der Waals surface area (Å²) in [6.45, 7) is 1.20. The van der Waals surface area contributed by atoms with Gasteiger partial charge in [0.1, 0.15) is 5.82 Å². The van der Waals surface area contributed by atoms with Crippen molar-refractivity contribution in [1.82, 2.24) is 14.5 Å². The summed E-state index contributed by atoms with van der Waals surface area (Å²) in [4.78, 5) is 7.56. The summed E-state index contributed by atoms with van der Waals surface area (Å²) in [7, 11) is 0. The van der Waals surface area contributed by atoms with Crippen molar-refractivity contribution >= 4 is 0 Å². The molecule has 5 rings (SSSR count). The number of aliphatic hydroxyl groups is 1. The van der Waals surface area contributed by atoms with Crippen LogP contribution < -0.4 is 0 Å². The molecule has 1 N–H and O–H groups in total. The van der Waals surface area contributed by atoms with Crippen LogP contribution in [-0.4, -0.2) is 25.8 Å². The zero-order valence-electron chi connectivity index (χ0n) is 14.1. The van der Waals surface area contributed by atoms with Crippen molar-refractivity contribution in [2.45, 2.75) is 50.2 Å². The molecule has 0 aromatic carbocycles. The van der Waals surface area contributed by atoms with Gasteiger partial charge in [0, 0.05) is 29.2 Å². The van der Waals surface area contributed by atoms with Crippen molar-refractivity contribution < 1.29 is 31.4 Å². The first-order valence-corrected chi connectivity index (χ1v) is 8.29. The highest BCUT2D eigenvalue weighted by Crippen LogP contribution is 2.63. The Balaban J connectivity index is 1.81. The third-order valence-corrected chi connectivity index (χ3v) is 5.49. The molecule has 0 radical (unpaired) electrons. The average molecular weight is 391 g/mol. The monoisotopic (exact) mass is 391 g/mol. The predicted molar refractivity (Wildman–Crippen MR) is 81.5 cm³/mol. The van der Waals surface area contributed by atoms with Crippen molar-refractivity contribution in [2.75, 3.05) is 0 Å². The van der Waals surface area contributed by atoms with Gasteiger partial charge in [-0.3, -0.25) is 4.98 Å². The third kappa shape index (κ3) is 2.81. The van der Waals surface area contributed by atoms with Gasteiger partial charge in [-0.2, -0.15) is 26.3 Å². The highest BCUT2D eigenvalue weighted by molar-refractivity contribution is 5.59. The molecule has 1 atom stereocenters. The number of nitrogens with zero attached hydrogens (tertiary/aromatic N) is 3. The molecule has 0 saturated heterocycles. The Hall–Kier alpha value is -2.10. The first-order chi connectivity index (χ1) is 12.4. The SMILES string of the molecule is Cc1ncc(-c2cn(C34CC(C3)C4)c(C(O)C(F)(F)F)n2)cc1C(F)(F)F. The molecule has 27 heavy (non-hydrogen) atoms. The second kappa shape index (κ2) is 5.46. The number of alkyl halides is 6. The van der Waals surface area contributed by atoms with Gasteiger partial charge in [-0.15, -0.1) is 0 Å². The van der Waals surface area contributed by atoms with Crippen LogP contribution in [0, 0.1) is 12.8 Å². The molecule has 0 amide bonds. The molecule has 146 valence electrons. The Morgan fingerprint density at radius 1 is 1.19 bits per heavy atom. The van der Waals surface area contributed by atoms with Crippen LogP contribution in [0.2, 0.25) is 0 Å². The van der Waals surface area contributed by atoms with Gasteiger partial charge >= 0.3 is 12.4 Å². The van der Waals surface area contributed by atoms with Crippen LogP contribution >= 0.6 is 0 Å². The fourth-order valence-corrected chi connectivity index (χ4v) is 3.94. The summed E-state index contributed by atoms with van der Waals surface area (Å²) in [5.74, 6) is -0.144. The van der Waals surface area contributed by atoms with E-state index in [-0.39, 0.29) is 17.0 Å². The second-order valence-electron chi connectivity index (χ2n) is 7.36. The number of rotatable bonds is 3. The molecule has 2 heterocycles. The Bertz CT molecular complexity index is 884. The standard InChI is InChI=1S/C17H15F6N3O/c1-8-11(16(18,19)20)2-10(6-24-8)12-7-26(15-3-9(4-15)5-15)14(25-12)13(27)17(21,22)23/h2,6-7,9,13,27H,3-5H2,1H3. The largest absolute Gasteiger partial charge is 0.421 e. The van der Waals surface area contributed by atoms with Crippen LogP contribution in [0.5, 0.6) is 0 Å². The minimum Gasteiger partial charge on any atom is -0.377 e. The van der Waals surface area contributed by atoms with Gasteiger partial charge in [0.2, 0.25) is 6.10 Å². The van der Waals surface area contributed by atoms with Crippen molar-refractivity contribution in [2.24, 2.45) is 5.92 Å². The zero-order valence-corrected chi connectivity index (χ0v) is 14.1. The summed E-state index contributed by atoms with van der Waals surface area (Å²) in [5, 5.41) is 9.72. The summed E-state index contributed by atoms with van der Waals surface area (Å²) >= 11 is 0. The van der Waals surface area contributed by atoms with Crippen molar-refractivity contribution in [1.29, 1.82) is 0 Å². The number of aromatic nitrogens is 3. The maximum absolute atomic E-state index is 13.1. The number of aryl methyl sites for hydroxylation is 1. The van der Waals surface area contributed by atoms with E-state index in [9.17, 15) is 31.4 Å². The van der Waals surface area contributed by atoms with Crippen molar-refractivity contribution in [3.63, 3.8) is 0 Å². The zero-order chi connectivity index (χ0) is 19.8. The Labute approximate surface area is 149 Å². The van der Waals surface area contributed by atoms with E-state index in [1.165, 1.54) is 17.7 Å². The van der Waals surface area contributed by atoms with E-state index in [1.54, 1.807) is 0 Å².